The average molecular weight is 198 g/mol. The lowest BCUT2D eigenvalue weighted by molar-refractivity contribution is 0.0305. The predicted molar refractivity (Wildman–Crippen MR) is 48.5 cm³/mol. The summed E-state index contributed by atoms with van der Waals surface area (Å²) in [6, 6.07) is 1.79. The van der Waals surface area contributed by atoms with Crippen LogP contribution < -0.4 is 0 Å². The van der Waals surface area contributed by atoms with Crippen molar-refractivity contribution in [1.82, 2.24) is 10.1 Å². The Balaban J connectivity index is 1.89. The normalized spacial score (nSPS) is 18.6. The third-order valence-electron chi connectivity index (χ3n) is 2.25. The van der Waals surface area contributed by atoms with Gasteiger partial charge in [-0.25, -0.2) is 0 Å². The van der Waals surface area contributed by atoms with Gasteiger partial charge in [-0.2, -0.15) is 0 Å². The Morgan fingerprint density at radius 1 is 1.43 bits per heavy atom. The highest BCUT2D eigenvalue weighted by molar-refractivity contribution is 5.04. The van der Waals surface area contributed by atoms with E-state index in [1.54, 1.807) is 6.07 Å². The summed E-state index contributed by atoms with van der Waals surface area (Å²) >= 11 is 0. The first-order valence-electron chi connectivity index (χ1n) is 4.74. The monoisotopic (exact) mass is 198 g/mol. The van der Waals surface area contributed by atoms with E-state index in [-0.39, 0.29) is 6.61 Å². The molecule has 1 aliphatic heterocycles. The van der Waals surface area contributed by atoms with Gasteiger partial charge in [0, 0.05) is 19.2 Å². The minimum absolute atomic E-state index is 0.0629. The van der Waals surface area contributed by atoms with E-state index in [0.717, 1.165) is 38.6 Å². The number of hydrogen-bond donors (Lipinski definition) is 1. The highest BCUT2D eigenvalue weighted by Gasteiger charge is 2.13. The molecule has 0 radical (unpaired) electrons. The molecule has 0 aliphatic carbocycles. The van der Waals surface area contributed by atoms with Gasteiger partial charge in [-0.1, -0.05) is 5.16 Å². The van der Waals surface area contributed by atoms with Crippen LogP contribution in [0, 0.1) is 0 Å². The van der Waals surface area contributed by atoms with Crippen molar-refractivity contribution >= 4 is 0 Å². The Hall–Kier alpha value is -0.910. The van der Waals surface area contributed by atoms with E-state index in [9.17, 15) is 0 Å². The largest absolute Gasteiger partial charge is 0.390 e. The van der Waals surface area contributed by atoms with Crippen molar-refractivity contribution in [1.29, 1.82) is 0 Å². The standard InChI is InChI=1S/C9H14N2O3/c12-7-8-5-9(14-10-8)6-11-1-3-13-4-2-11/h5,12H,1-4,6-7H2. The maximum atomic E-state index is 8.80. The summed E-state index contributed by atoms with van der Waals surface area (Å²) in [4.78, 5) is 2.24. The first kappa shape index (κ1) is 9.64. The van der Waals surface area contributed by atoms with E-state index >= 15 is 0 Å². The molecule has 5 nitrogen and oxygen atoms in total. The van der Waals surface area contributed by atoms with Gasteiger partial charge in [0.1, 0.15) is 5.69 Å². The van der Waals surface area contributed by atoms with Crippen molar-refractivity contribution in [2.75, 3.05) is 26.3 Å². The van der Waals surface area contributed by atoms with Gasteiger partial charge in [0.15, 0.2) is 5.76 Å². The minimum atomic E-state index is -0.0629. The van der Waals surface area contributed by atoms with Gasteiger partial charge in [0.2, 0.25) is 0 Å². The van der Waals surface area contributed by atoms with Gasteiger partial charge >= 0.3 is 0 Å². The fourth-order valence-electron chi connectivity index (χ4n) is 1.48. The smallest absolute Gasteiger partial charge is 0.151 e. The lowest BCUT2D eigenvalue weighted by Crippen LogP contribution is -2.35. The zero-order chi connectivity index (χ0) is 9.80. The van der Waals surface area contributed by atoms with Gasteiger partial charge in [0.05, 0.1) is 26.4 Å². The summed E-state index contributed by atoms with van der Waals surface area (Å²) in [6.07, 6.45) is 0. The third-order valence-corrected chi connectivity index (χ3v) is 2.25. The Kier molecular flexibility index (Phi) is 3.13. The topological polar surface area (TPSA) is 58.7 Å². The van der Waals surface area contributed by atoms with Crippen molar-refractivity contribution in [2.24, 2.45) is 0 Å². The number of ether oxygens (including phenoxy) is 1. The maximum Gasteiger partial charge on any atom is 0.151 e. The van der Waals surface area contributed by atoms with Crippen LogP contribution in [0.3, 0.4) is 0 Å². The summed E-state index contributed by atoms with van der Waals surface area (Å²) in [5.74, 6) is 0.802. The quantitative estimate of drug-likeness (QED) is 0.740. The molecule has 0 saturated carbocycles. The van der Waals surface area contributed by atoms with Crippen LogP contribution in [-0.4, -0.2) is 41.5 Å². The van der Waals surface area contributed by atoms with Crippen LogP contribution in [-0.2, 0) is 17.9 Å². The van der Waals surface area contributed by atoms with Gasteiger partial charge in [0.25, 0.3) is 0 Å². The number of nitrogens with zero attached hydrogens (tertiary/aromatic N) is 2. The maximum absolute atomic E-state index is 8.80. The predicted octanol–water partition coefficient (Wildman–Crippen LogP) is -0.000900. The van der Waals surface area contributed by atoms with Crippen molar-refractivity contribution in [3.63, 3.8) is 0 Å². The molecular weight excluding hydrogens is 184 g/mol. The van der Waals surface area contributed by atoms with Crippen LogP contribution >= 0.6 is 0 Å². The third kappa shape index (κ3) is 2.31. The zero-order valence-corrected chi connectivity index (χ0v) is 7.98. The fourth-order valence-corrected chi connectivity index (χ4v) is 1.48. The molecule has 78 valence electrons. The molecule has 0 aromatic carbocycles. The van der Waals surface area contributed by atoms with Crippen LogP contribution in [0.1, 0.15) is 11.5 Å². The molecule has 2 heterocycles. The van der Waals surface area contributed by atoms with Crippen LogP contribution in [0.5, 0.6) is 0 Å². The Morgan fingerprint density at radius 2 is 2.21 bits per heavy atom. The molecule has 1 aliphatic rings. The van der Waals surface area contributed by atoms with E-state index in [1.165, 1.54) is 0 Å². The highest BCUT2D eigenvalue weighted by Crippen LogP contribution is 2.08. The summed E-state index contributed by atoms with van der Waals surface area (Å²) in [6.45, 7) is 4.09. The number of aromatic nitrogens is 1. The highest BCUT2D eigenvalue weighted by atomic mass is 16.5. The van der Waals surface area contributed by atoms with Crippen LogP contribution in [0.4, 0.5) is 0 Å². The second-order valence-electron chi connectivity index (χ2n) is 3.33. The lowest BCUT2D eigenvalue weighted by Gasteiger charge is -2.25. The van der Waals surface area contributed by atoms with Crippen LogP contribution in [0.25, 0.3) is 0 Å². The van der Waals surface area contributed by atoms with E-state index in [2.05, 4.69) is 10.1 Å². The molecule has 1 fully saturated rings. The van der Waals surface area contributed by atoms with Crippen molar-refractivity contribution in [3.8, 4) is 0 Å². The average Bonchev–Trinajstić information content (AvgIpc) is 2.67. The Morgan fingerprint density at radius 3 is 2.86 bits per heavy atom. The van der Waals surface area contributed by atoms with Crippen molar-refractivity contribution in [3.05, 3.63) is 17.5 Å². The minimum Gasteiger partial charge on any atom is -0.390 e. The summed E-state index contributed by atoms with van der Waals surface area (Å²) < 4.78 is 10.3. The first-order valence-corrected chi connectivity index (χ1v) is 4.74. The van der Waals surface area contributed by atoms with Gasteiger partial charge < -0.3 is 14.4 Å². The van der Waals surface area contributed by atoms with E-state index < -0.39 is 0 Å². The summed E-state index contributed by atoms with van der Waals surface area (Å²) in [5.41, 5.74) is 0.591. The second-order valence-corrected chi connectivity index (χ2v) is 3.33. The van der Waals surface area contributed by atoms with Crippen molar-refractivity contribution < 1.29 is 14.4 Å². The molecule has 0 spiro atoms. The Bertz CT molecular complexity index is 281. The lowest BCUT2D eigenvalue weighted by atomic mass is 10.3. The van der Waals surface area contributed by atoms with Crippen LogP contribution in [0.15, 0.2) is 10.6 Å². The molecule has 0 atom stereocenters. The van der Waals surface area contributed by atoms with E-state index in [0.29, 0.717) is 5.69 Å². The number of aliphatic hydroxyl groups is 1. The summed E-state index contributed by atoms with van der Waals surface area (Å²) in [5, 5.41) is 12.5. The molecule has 14 heavy (non-hydrogen) atoms. The van der Waals surface area contributed by atoms with E-state index in [1.807, 2.05) is 0 Å². The number of aliphatic hydroxyl groups excluding tert-OH is 1. The van der Waals surface area contributed by atoms with Crippen molar-refractivity contribution in [2.45, 2.75) is 13.2 Å². The second kappa shape index (κ2) is 4.54. The molecule has 0 amide bonds. The van der Waals surface area contributed by atoms with Gasteiger partial charge in [-0.05, 0) is 0 Å². The first-order chi connectivity index (χ1) is 6.88. The van der Waals surface area contributed by atoms with Crippen LogP contribution in [0.2, 0.25) is 0 Å². The van der Waals surface area contributed by atoms with Gasteiger partial charge in [-0.3, -0.25) is 4.90 Å². The molecular formula is C9H14N2O3. The molecule has 1 saturated heterocycles. The van der Waals surface area contributed by atoms with Gasteiger partial charge in [-0.15, -0.1) is 0 Å². The summed E-state index contributed by atoms with van der Waals surface area (Å²) in [7, 11) is 0. The SMILES string of the molecule is OCc1cc(CN2CCOCC2)on1. The van der Waals surface area contributed by atoms with E-state index in [4.69, 9.17) is 14.4 Å². The molecule has 1 N–H and O–H groups in total. The molecule has 1 aromatic heterocycles. The molecule has 0 unspecified atom stereocenters. The fraction of sp³-hybridized carbons (Fsp3) is 0.667. The molecule has 2 rings (SSSR count). The molecule has 0 bridgehead atoms. The molecule has 5 heteroatoms. The zero-order valence-electron chi connectivity index (χ0n) is 7.98. The molecule has 1 aromatic rings. The number of morpholine rings is 1. The number of hydrogen-bond acceptors (Lipinski definition) is 5. The number of rotatable bonds is 3. The Labute approximate surface area is 82.2 Å².